The number of furan rings is 1. The normalized spacial score (nSPS) is 23.0. The highest BCUT2D eigenvalue weighted by molar-refractivity contribution is 5.92. The molecule has 4 rings (SSSR count). The molecular weight excluding hydrogens is 318 g/mol. The first-order valence-electron chi connectivity index (χ1n) is 8.69. The summed E-state index contributed by atoms with van der Waals surface area (Å²) in [5, 5.41) is 0. The summed E-state index contributed by atoms with van der Waals surface area (Å²) in [5.41, 5.74) is 1.02. The second kappa shape index (κ2) is 6.35. The Labute approximate surface area is 146 Å². The van der Waals surface area contributed by atoms with Crippen LogP contribution in [-0.4, -0.2) is 45.2 Å². The van der Waals surface area contributed by atoms with E-state index in [0.29, 0.717) is 25.3 Å². The number of nitrogens with zero attached hydrogens (tertiary/aromatic N) is 3. The van der Waals surface area contributed by atoms with Crippen LogP contribution in [0, 0.1) is 6.92 Å². The average Bonchev–Trinajstić information content (AvgIpc) is 3.24. The van der Waals surface area contributed by atoms with Crippen LogP contribution >= 0.6 is 0 Å². The summed E-state index contributed by atoms with van der Waals surface area (Å²) in [6, 6.07) is 7.53. The van der Waals surface area contributed by atoms with Crippen molar-refractivity contribution in [1.29, 1.82) is 0 Å². The molecule has 130 valence electrons. The van der Waals surface area contributed by atoms with Gasteiger partial charge in [0.2, 0.25) is 5.91 Å². The van der Waals surface area contributed by atoms with E-state index >= 15 is 0 Å². The monoisotopic (exact) mass is 339 g/mol. The van der Waals surface area contributed by atoms with Crippen LogP contribution in [0.4, 0.5) is 0 Å². The molecule has 0 spiro atoms. The van der Waals surface area contributed by atoms with Gasteiger partial charge in [-0.1, -0.05) is 6.07 Å². The van der Waals surface area contributed by atoms with Crippen molar-refractivity contribution in [2.45, 2.75) is 44.8 Å². The Hall–Kier alpha value is -2.63. The van der Waals surface area contributed by atoms with E-state index in [9.17, 15) is 9.59 Å². The number of aryl methyl sites for hydroxylation is 1. The van der Waals surface area contributed by atoms with Crippen molar-refractivity contribution in [2.75, 3.05) is 6.54 Å². The van der Waals surface area contributed by atoms with Gasteiger partial charge >= 0.3 is 0 Å². The molecule has 0 N–H and O–H groups in total. The molecule has 0 radical (unpaired) electrons. The average molecular weight is 339 g/mol. The summed E-state index contributed by atoms with van der Waals surface area (Å²) in [6.45, 7) is 3.04. The number of fused-ring (bicyclic) bond motifs is 1. The summed E-state index contributed by atoms with van der Waals surface area (Å²) >= 11 is 0. The number of aromatic nitrogens is 1. The van der Waals surface area contributed by atoms with Crippen molar-refractivity contribution >= 4 is 11.8 Å². The van der Waals surface area contributed by atoms with E-state index < -0.39 is 0 Å². The molecular formula is C19H21N3O3. The number of carbonyl (C=O) groups excluding carboxylic acids is 2. The van der Waals surface area contributed by atoms with Gasteiger partial charge in [0.1, 0.15) is 5.76 Å². The Morgan fingerprint density at radius 2 is 2.16 bits per heavy atom. The van der Waals surface area contributed by atoms with Gasteiger partial charge in [0.25, 0.3) is 5.91 Å². The predicted octanol–water partition coefficient (Wildman–Crippen LogP) is 2.39. The second-order valence-corrected chi connectivity index (χ2v) is 6.75. The largest absolute Gasteiger partial charge is 0.456 e. The fourth-order valence-corrected chi connectivity index (χ4v) is 3.99. The number of carbonyl (C=O) groups is 2. The number of hydrogen-bond donors (Lipinski definition) is 0. The van der Waals surface area contributed by atoms with Gasteiger partial charge in [0, 0.05) is 31.9 Å². The van der Waals surface area contributed by atoms with Crippen molar-refractivity contribution in [3.63, 3.8) is 0 Å². The zero-order chi connectivity index (χ0) is 17.4. The van der Waals surface area contributed by atoms with Gasteiger partial charge < -0.3 is 14.2 Å². The van der Waals surface area contributed by atoms with Crippen LogP contribution in [0.5, 0.6) is 0 Å². The van der Waals surface area contributed by atoms with Crippen LogP contribution in [0.15, 0.2) is 41.1 Å². The first-order chi connectivity index (χ1) is 12.1. The summed E-state index contributed by atoms with van der Waals surface area (Å²) < 4.78 is 5.50. The van der Waals surface area contributed by atoms with Crippen molar-refractivity contribution < 1.29 is 14.0 Å². The Bertz CT molecular complexity index is 786. The van der Waals surface area contributed by atoms with Crippen LogP contribution in [0.25, 0.3) is 0 Å². The molecule has 0 unspecified atom stereocenters. The summed E-state index contributed by atoms with van der Waals surface area (Å²) in [5.74, 6) is 1.20. The molecule has 0 aromatic carbocycles. The molecule has 2 aromatic rings. The minimum Gasteiger partial charge on any atom is -0.456 e. The molecule has 2 aromatic heterocycles. The molecule has 2 atom stereocenters. The van der Waals surface area contributed by atoms with E-state index in [1.165, 1.54) is 0 Å². The molecule has 2 saturated heterocycles. The number of likely N-dealkylation sites (tertiary alicyclic amines) is 2. The van der Waals surface area contributed by atoms with Crippen LogP contribution in [0.1, 0.15) is 41.1 Å². The lowest BCUT2D eigenvalue weighted by Crippen LogP contribution is -2.52. The van der Waals surface area contributed by atoms with E-state index in [1.54, 1.807) is 24.5 Å². The van der Waals surface area contributed by atoms with Crippen LogP contribution in [-0.2, 0) is 11.3 Å². The lowest BCUT2D eigenvalue weighted by molar-refractivity contribution is -0.138. The molecule has 0 saturated carbocycles. The Kier molecular flexibility index (Phi) is 4.03. The van der Waals surface area contributed by atoms with Gasteiger partial charge in [-0.25, -0.2) is 0 Å². The van der Waals surface area contributed by atoms with Gasteiger partial charge in [0.15, 0.2) is 5.76 Å². The first kappa shape index (κ1) is 15.9. The lowest BCUT2D eigenvalue weighted by Gasteiger charge is -2.39. The third-order valence-electron chi connectivity index (χ3n) is 5.17. The number of rotatable bonds is 3. The van der Waals surface area contributed by atoms with E-state index in [0.717, 1.165) is 24.2 Å². The lowest BCUT2D eigenvalue weighted by atomic mass is 9.95. The molecule has 0 aliphatic carbocycles. The van der Waals surface area contributed by atoms with Gasteiger partial charge in [-0.2, -0.15) is 0 Å². The van der Waals surface area contributed by atoms with Crippen molar-refractivity contribution in [1.82, 2.24) is 14.8 Å². The summed E-state index contributed by atoms with van der Waals surface area (Å²) in [4.78, 5) is 33.2. The fraction of sp³-hybridized carbons (Fsp3) is 0.421. The maximum atomic E-state index is 12.8. The predicted molar refractivity (Wildman–Crippen MR) is 90.7 cm³/mol. The fourth-order valence-electron chi connectivity index (χ4n) is 3.99. The molecule has 0 bridgehead atoms. The van der Waals surface area contributed by atoms with Crippen molar-refractivity contribution in [3.05, 3.63) is 53.7 Å². The van der Waals surface area contributed by atoms with Crippen LogP contribution in [0.3, 0.4) is 0 Å². The zero-order valence-electron chi connectivity index (χ0n) is 14.2. The third-order valence-corrected chi connectivity index (χ3v) is 5.17. The molecule has 4 heterocycles. The zero-order valence-corrected chi connectivity index (χ0v) is 14.2. The van der Waals surface area contributed by atoms with Gasteiger partial charge in [-0.05, 0) is 43.5 Å². The molecule has 2 fully saturated rings. The number of hydrogen-bond acceptors (Lipinski definition) is 4. The standard InChI is InChI=1S/C19H21N3O3/c1-13-4-6-17(25-13)19(24)21-10-8-16-15(21)5-7-18(23)22(16)12-14-3-2-9-20-11-14/h2-4,6,9,11,15-16H,5,7-8,10,12H2,1H3/t15-,16-/m0/s1. The van der Waals surface area contributed by atoms with Crippen molar-refractivity contribution in [2.24, 2.45) is 0 Å². The SMILES string of the molecule is Cc1ccc(C(=O)N2CC[C@H]3[C@@H]2CCC(=O)N3Cc2cccnc2)o1. The topological polar surface area (TPSA) is 66.7 Å². The number of amides is 2. The summed E-state index contributed by atoms with van der Waals surface area (Å²) in [7, 11) is 0. The van der Waals surface area contributed by atoms with E-state index in [4.69, 9.17) is 4.42 Å². The van der Waals surface area contributed by atoms with Crippen LogP contribution < -0.4 is 0 Å². The Morgan fingerprint density at radius 3 is 2.88 bits per heavy atom. The minimum atomic E-state index is -0.0729. The third kappa shape index (κ3) is 2.92. The molecule has 2 aliphatic heterocycles. The first-order valence-corrected chi connectivity index (χ1v) is 8.69. The highest BCUT2D eigenvalue weighted by Crippen LogP contribution is 2.33. The Balaban J connectivity index is 1.53. The van der Waals surface area contributed by atoms with Gasteiger partial charge in [-0.15, -0.1) is 0 Å². The maximum Gasteiger partial charge on any atom is 0.289 e. The smallest absolute Gasteiger partial charge is 0.289 e. The molecule has 25 heavy (non-hydrogen) atoms. The Morgan fingerprint density at radius 1 is 1.28 bits per heavy atom. The second-order valence-electron chi connectivity index (χ2n) is 6.75. The highest BCUT2D eigenvalue weighted by Gasteiger charge is 2.45. The van der Waals surface area contributed by atoms with Gasteiger partial charge in [-0.3, -0.25) is 14.6 Å². The van der Waals surface area contributed by atoms with Gasteiger partial charge in [0.05, 0.1) is 12.1 Å². The molecule has 2 amide bonds. The minimum absolute atomic E-state index is 0.0623. The number of piperidine rings is 1. The van der Waals surface area contributed by atoms with Crippen molar-refractivity contribution in [3.8, 4) is 0 Å². The molecule has 2 aliphatic rings. The molecule has 6 heteroatoms. The maximum absolute atomic E-state index is 12.8. The highest BCUT2D eigenvalue weighted by atomic mass is 16.3. The summed E-state index contributed by atoms with van der Waals surface area (Å²) in [6.07, 6.45) is 5.52. The quantitative estimate of drug-likeness (QED) is 0.861. The van der Waals surface area contributed by atoms with E-state index in [-0.39, 0.29) is 23.9 Å². The van der Waals surface area contributed by atoms with E-state index in [2.05, 4.69) is 4.98 Å². The number of pyridine rings is 1. The molecule has 6 nitrogen and oxygen atoms in total. The van der Waals surface area contributed by atoms with E-state index in [1.807, 2.05) is 28.9 Å². The van der Waals surface area contributed by atoms with Crippen LogP contribution in [0.2, 0.25) is 0 Å².